The highest BCUT2D eigenvalue weighted by molar-refractivity contribution is 6.33. The monoisotopic (exact) mass is 192 g/mol. The van der Waals surface area contributed by atoms with Gasteiger partial charge in [-0.25, -0.2) is 0 Å². The summed E-state index contributed by atoms with van der Waals surface area (Å²) in [6, 6.07) is 5.53. The van der Waals surface area contributed by atoms with Gasteiger partial charge in [0.25, 0.3) is 0 Å². The second-order valence-corrected chi connectivity index (χ2v) is 3.10. The molecule has 2 nitrogen and oxygen atoms in total. The molecule has 1 aromatic carbocycles. The summed E-state index contributed by atoms with van der Waals surface area (Å²) in [5.41, 5.74) is 8.06. The van der Waals surface area contributed by atoms with Crippen molar-refractivity contribution in [2.24, 2.45) is 0 Å². The minimum absolute atomic E-state index is 0.526. The summed E-state index contributed by atoms with van der Waals surface area (Å²) in [7, 11) is 0. The first-order valence-electron chi connectivity index (χ1n) is 3.77. The van der Waals surface area contributed by atoms with Crippen LogP contribution in [0.25, 0.3) is 6.08 Å². The summed E-state index contributed by atoms with van der Waals surface area (Å²) in [6.07, 6.45) is 3.10. The first-order valence-corrected chi connectivity index (χ1v) is 4.14. The fraction of sp³-hybridized carbons (Fsp3) is 0.100. The van der Waals surface area contributed by atoms with E-state index in [1.165, 1.54) is 6.08 Å². The minimum Gasteiger partial charge on any atom is -0.397 e. The Morgan fingerprint density at radius 2 is 2.23 bits per heavy atom. The van der Waals surface area contributed by atoms with Gasteiger partial charge in [0.15, 0.2) is 0 Å². The molecule has 0 aliphatic rings. The van der Waals surface area contributed by atoms with E-state index in [0.717, 1.165) is 11.1 Å². The number of nitrogens with zero attached hydrogens (tertiary/aromatic N) is 1. The molecule has 0 radical (unpaired) electrons. The van der Waals surface area contributed by atoms with Gasteiger partial charge in [0.1, 0.15) is 0 Å². The van der Waals surface area contributed by atoms with E-state index in [1.54, 1.807) is 12.1 Å². The lowest BCUT2D eigenvalue weighted by molar-refractivity contribution is 1.46. The summed E-state index contributed by atoms with van der Waals surface area (Å²) in [5, 5.41) is 8.85. The molecular weight excluding hydrogens is 184 g/mol. The van der Waals surface area contributed by atoms with Crippen LogP contribution in [0.2, 0.25) is 5.02 Å². The highest BCUT2D eigenvalue weighted by Crippen LogP contribution is 2.24. The molecule has 13 heavy (non-hydrogen) atoms. The van der Waals surface area contributed by atoms with Crippen LogP contribution in [0.15, 0.2) is 18.2 Å². The van der Waals surface area contributed by atoms with Crippen LogP contribution < -0.4 is 5.73 Å². The summed E-state index contributed by atoms with van der Waals surface area (Å²) in [5.74, 6) is 0. The van der Waals surface area contributed by atoms with Crippen molar-refractivity contribution in [3.05, 3.63) is 34.4 Å². The summed E-state index contributed by atoms with van der Waals surface area (Å²) in [6.45, 7) is 1.88. The van der Waals surface area contributed by atoms with E-state index in [0.29, 0.717) is 10.7 Å². The lowest BCUT2D eigenvalue weighted by Crippen LogP contribution is -1.91. The molecule has 1 aromatic rings. The fourth-order valence-corrected chi connectivity index (χ4v) is 1.29. The van der Waals surface area contributed by atoms with Crippen LogP contribution in [-0.2, 0) is 0 Å². The predicted molar refractivity (Wildman–Crippen MR) is 55.2 cm³/mol. The molecule has 66 valence electrons. The maximum absolute atomic E-state index is 8.33. The van der Waals surface area contributed by atoms with E-state index in [2.05, 4.69) is 0 Å². The first-order chi connectivity index (χ1) is 6.15. The van der Waals surface area contributed by atoms with Gasteiger partial charge in [-0.05, 0) is 36.3 Å². The molecule has 0 bridgehead atoms. The summed E-state index contributed by atoms with van der Waals surface area (Å²) >= 11 is 5.86. The zero-order valence-corrected chi connectivity index (χ0v) is 7.97. The van der Waals surface area contributed by atoms with Crippen molar-refractivity contribution in [1.29, 1.82) is 5.26 Å². The van der Waals surface area contributed by atoms with E-state index in [4.69, 9.17) is 22.6 Å². The van der Waals surface area contributed by atoms with Gasteiger partial charge in [-0.2, -0.15) is 5.26 Å². The van der Waals surface area contributed by atoms with Crippen molar-refractivity contribution in [3.63, 3.8) is 0 Å². The molecule has 0 aromatic heterocycles. The number of anilines is 1. The Morgan fingerprint density at radius 1 is 1.54 bits per heavy atom. The number of nitrogens with two attached hydrogens (primary N) is 1. The topological polar surface area (TPSA) is 49.8 Å². The van der Waals surface area contributed by atoms with Crippen LogP contribution in [0.4, 0.5) is 5.69 Å². The number of allylic oxidation sites excluding steroid dienone is 1. The van der Waals surface area contributed by atoms with E-state index < -0.39 is 0 Å². The number of nitriles is 1. The first kappa shape index (κ1) is 9.63. The van der Waals surface area contributed by atoms with E-state index in [1.807, 2.05) is 19.1 Å². The zero-order valence-electron chi connectivity index (χ0n) is 7.21. The Hall–Kier alpha value is -1.46. The van der Waals surface area contributed by atoms with Gasteiger partial charge in [-0.3, -0.25) is 0 Å². The molecule has 3 heteroatoms. The van der Waals surface area contributed by atoms with Crippen LogP contribution in [0.3, 0.4) is 0 Å². The van der Waals surface area contributed by atoms with Crippen molar-refractivity contribution in [2.45, 2.75) is 6.92 Å². The Labute approximate surface area is 82.2 Å². The highest BCUT2D eigenvalue weighted by Gasteiger charge is 2.00. The molecule has 0 fully saturated rings. The SMILES string of the molecule is Cc1cc(/C=C/C#N)cc(Cl)c1N. The third-order valence-electron chi connectivity index (χ3n) is 1.71. The smallest absolute Gasteiger partial charge is 0.0912 e. The average Bonchev–Trinajstić information content (AvgIpc) is 2.10. The number of hydrogen-bond acceptors (Lipinski definition) is 2. The van der Waals surface area contributed by atoms with Crippen molar-refractivity contribution in [1.82, 2.24) is 0 Å². The van der Waals surface area contributed by atoms with Crippen molar-refractivity contribution < 1.29 is 0 Å². The number of hydrogen-bond donors (Lipinski definition) is 1. The third-order valence-corrected chi connectivity index (χ3v) is 2.02. The van der Waals surface area contributed by atoms with E-state index >= 15 is 0 Å². The van der Waals surface area contributed by atoms with Crippen molar-refractivity contribution in [3.8, 4) is 6.07 Å². The van der Waals surface area contributed by atoms with Crippen LogP contribution >= 0.6 is 11.6 Å². The number of nitrogen functional groups attached to an aromatic ring is 1. The molecule has 0 spiro atoms. The molecule has 1 rings (SSSR count). The van der Waals surface area contributed by atoms with Gasteiger partial charge in [-0.1, -0.05) is 11.6 Å². The normalized spacial score (nSPS) is 10.2. The third kappa shape index (κ3) is 2.24. The Bertz CT molecular complexity index is 365. The molecule has 0 heterocycles. The Balaban J connectivity index is 3.15. The maximum atomic E-state index is 8.33. The van der Waals surface area contributed by atoms with Crippen molar-refractivity contribution >= 4 is 23.4 Å². The number of benzene rings is 1. The lowest BCUT2D eigenvalue weighted by atomic mass is 10.1. The maximum Gasteiger partial charge on any atom is 0.0912 e. The van der Waals surface area contributed by atoms with Gasteiger partial charge in [0.2, 0.25) is 0 Å². The average molecular weight is 193 g/mol. The van der Waals surface area contributed by atoms with Gasteiger partial charge in [-0.15, -0.1) is 0 Å². The fourth-order valence-electron chi connectivity index (χ4n) is 1.01. The van der Waals surface area contributed by atoms with Gasteiger partial charge < -0.3 is 5.73 Å². The van der Waals surface area contributed by atoms with Gasteiger partial charge in [0.05, 0.1) is 16.8 Å². The molecule has 0 saturated carbocycles. The molecule has 0 atom stereocenters. The quantitative estimate of drug-likeness (QED) is 0.550. The molecular formula is C10H9ClN2. The standard InChI is InChI=1S/C10H9ClN2/c1-7-5-8(3-2-4-12)6-9(11)10(7)13/h2-3,5-6H,13H2,1H3/b3-2+. The molecule has 0 aliphatic carbocycles. The van der Waals surface area contributed by atoms with Crippen molar-refractivity contribution in [2.75, 3.05) is 5.73 Å². The van der Waals surface area contributed by atoms with Crippen LogP contribution in [0.1, 0.15) is 11.1 Å². The number of halogens is 1. The minimum atomic E-state index is 0.526. The number of aryl methyl sites for hydroxylation is 1. The van der Waals surface area contributed by atoms with Crippen LogP contribution in [0, 0.1) is 18.3 Å². The van der Waals surface area contributed by atoms with Crippen LogP contribution in [0.5, 0.6) is 0 Å². The summed E-state index contributed by atoms with van der Waals surface area (Å²) < 4.78 is 0. The number of rotatable bonds is 1. The zero-order chi connectivity index (χ0) is 9.84. The van der Waals surface area contributed by atoms with E-state index in [9.17, 15) is 0 Å². The Morgan fingerprint density at radius 3 is 2.77 bits per heavy atom. The molecule has 0 saturated heterocycles. The lowest BCUT2D eigenvalue weighted by Gasteiger charge is -2.03. The summed E-state index contributed by atoms with van der Waals surface area (Å²) in [4.78, 5) is 0. The van der Waals surface area contributed by atoms with Gasteiger partial charge in [0, 0.05) is 6.08 Å². The van der Waals surface area contributed by atoms with Gasteiger partial charge >= 0.3 is 0 Å². The Kier molecular flexibility index (Phi) is 2.94. The molecule has 0 unspecified atom stereocenters. The molecule has 2 N–H and O–H groups in total. The second kappa shape index (κ2) is 3.97. The van der Waals surface area contributed by atoms with E-state index in [-0.39, 0.29) is 0 Å². The highest BCUT2D eigenvalue weighted by atomic mass is 35.5. The predicted octanol–water partition coefficient (Wildman–Crippen LogP) is 2.77. The molecule has 0 aliphatic heterocycles. The largest absolute Gasteiger partial charge is 0.397 e. The second-order valence-electron chi connectivity index (χ2n) is 2.70. The van der Waals surface area contributed by atoms with Crippen LogP contribution in [-0.4, -0.2) is 0 Å². The molecule has 0 amide bonds.